The number of carbonyl (C=O) groups is 1. The number of hydrogen-bond acceptors (Lipinski definition) is 3. The average molecular weight is 265 g/mol. The number of anilines is 1. The second-order valence-electron chi connectivity index (χ2n) is 4.64. The van der Waals surface area contributed by atoms with Gasteiger partial charge in [0.05, 0.1) is 28.8 Å². The van der Waals surface area contributed by atoms with Gasteiger partial charge in [0.1, 0.15) is 0 Å². The molecule has 1 saturated carbocycles. The molecule has 94 valence electrons. The fourth-order valence-electron chi connectivity index (χ4n) is 2.21. The number of rotatable bonds is 4. The van der Waals surface area contributed by atoms with Crippen LogP contribution >= 0.6 is 11.6 Å². The van der Waals surface area contributed by atoms with Crippen LogP contribution in [0.4, 0.5) is 5.69 Å². The number of carboxylic acid groups (broad SMARTS) is 1. The molecule has 1 aromatic rings. The molecule has 0 saturated heterocycles. The van der Waals surface area contributed by atoms with E-state index < -0.39 is 5.97 Å². The lowest BCUT2D eigenvalue weighted by Crippen LogP contribution is -2.46. The van der Waals surface area contributed by atoms with E-state index in [0.29, 0.717) is 16.3 Å². The molecule has 0 heterocycles. The molecule has 1 fully saturated rings. The van der Waals surface area contributed by atoms with Gasteiger partial charge in [0.15, 0.2) is 0 Å². The van der Waals surface area contributed by atoms with Crippen molar-refractivity contribution >= 4 is 23.3 Å². The summed E-state index contributed by atoms with van der Waals surface area (Å²) in [7, 11) is 0. The first-order valence-corrected chi connectivity index (χ1v) is 6.12. The Morgan fingerprint density at radius 1 is 1.56 bits per heavy atom. The fourth-order valence-corrected chi connectivity index (χ4v) is 2.44. The van der Waals surface area contributed by atoms with Crippen LogP contribution in [0.1, 0.15) is 31.2 Å². The minimum absolute atomic E-state index is 0.0866. The monoisotopic (exact) mass is 264 g/mol. The van der Waals surface area contributed by atoms with E-state index in [9.17, 15) is 4.79 Å². The SMILES string of the molecule is N#Cc1ccc(NC2(CC(=O)O)CCC2)c(Cl)c1. The van der Waals surface area contributed by atoms with E-state index in [0.717, 1.165) is 19.3 Å². The molecule has 4 nitrogen and oxygen atoms in total. The van der Waals surface area contributed by atoms with E-state index in [1.165, 1.54) is 0 Å². The van der Waals surface area contributed by atoms with Gasteiger partial charge < -0.3 is 10.4 Å². The molecule has 2 rings (SSSR count). The molecule has 0 unspecified atom stereocenters. The quantitative estimate of drug-likeness (QED) is 0.877. The lowest BCUT2D eigenvalue weighted by atomic mass is 9.74. The second kappa shape index (κ2) is 4.87. The predicted octanol–water partition coefficient (Wildman–Crippen LogP) is 3.02. The molecule has 18 heavy (non-hydrogen) atoms. The van der Waals surface area contributed by atoms with Crippen LogP contribution in [0.25, 0.3) is 0 Å². The molecule has 1 aliphatic rings. The Labute approximate surface area is 110 Å². The molecule has 1 aromatic carbocycles. The molecular weight excluding hydrogens is 252 g/mol. The van der Waals surface area contributed by atoms with Crippen molar-refractivity contribution in [3.8, 4) is 6.07 Å². The molecule has 1 aliphatic carbocycles. The zero-order chi connectivity index (χ0) is 13.2. The first kappa shape index (κ1) is 12.7. The maximum Gasteiger partial charge on any atom is 0.305 e. The number of halogens is 1. The van der Waals surface area contributed by atoms with E-state index in [2.05, 4.69) is 5.32 Å². The van der Waals surface area contributed by atoms with Crippen molar-refractivity contribution in [3.63, 3.8) is 0 Å². The van der Waals surface area contributed by atoms with Crippen molar-refractivity contribution < 1.29 is 9.90 Å². The van der Waals surface area contributed by atoms with Crippen LogP contribution in [0, 0.1) is 11.3 Å². The summed E-state index contributed by atoms with van der Waals surface area (Å²) in [5, 5.41) is 21.4. The topological polar surface area (TPSA) is 73.1 Å². The first-order valence-electron chi connectivity index (χ1n) is 5.74. The summed E-state index contributed by atoms with van der Waals surface area (Å²) in [5.74, 6) is -0.813. The van der Waals surface area contributed by atoms with Crippen LogP contribution in [0.3, 0.4) is 0 Å². The molecule has 2 N–H and O–H groups in total. The van der Waals surface area contributed by atoms with Crippen LogP contribution in [-0.4, -0.2) is 16.6 Å². The van der Waals surface area contributed by atoms with Gasteiger partial charge in [0, 0.05) is 5.54 Å². The largest absolute Gasteiger partial charge is 0.481 e. The third kappa shape index (κ3) is 2.57. The first-order chi connectivity index (χ1) is 8.54. The van der Waals surface area contributed by atoms with E-state index in [-0.39, 0.29) is 12.0 Å². The Kier molecular flexibility index (Phi) is 3.44. The number of hydrogen-bond donors (Lipinski definition) is 2. The lowest BCUT2D eigenvalue weighted by Gasteiger charge is -2.42. The normalized spacial score (nSPS) is 16.4. The smallest absolute Gasteiger partial charge is 0.305 e. The molecule has 0 aromatic heterocycles. The summed E-state index contributed by atoms with van der Waals surface area (Å²) >= 11 is 6.07. The number of aliphatic carboxylic acids is 1. The molecule has 5 heteroatoms. The third-order valence-corrected chi connectivity index (χ3v) is 3.61. The van der Waals surface area contributed by atoms with Crippen molar-refractivity contribution in [2.75, 3.05) is 5.32 Å². The maximum absolute atomic E-state index is 10.9. The van der Waals surface area contributed by atoms with Crippen LogP contribution in [0.15, 0.2) is 18.2 Å². The van der Waals surface area contributed by atoms with Crippen LogP contribution in [-0.2, 0) is 4.79 Å². The van der Waals surface area contributed by atoms with Gasteiger partial charge in [-0.15, -0.1) is 0 Å². The summed E-state index contributed by atoms with van der Waals surface area (Å²) in [5.41, 5.74) is 0.798. The molecule has 0 radical (unpaired) electrons. The third-order valence-electron chi connectivity index (χ3n) is 3.30. The van der Waals surface area contributed by atoms with Crippen molar-refractivity contribution in [2.24, 2.45) is 0 Å². The zero-order valence-electron chi connectivity index (χ0n) is 9.74. The summed E-state index contributed by atoms with van der Waals surface area (Å²) in [6, 6.07) is 6.99. The van der Waals surface area contributed by atoms with Gasteiger partial charge in [-0.2, -0.15) is 5.26 Å². The van der Waals surface area contributed by atoms with Gasteiger partial charge in [-0.05, 0) is 37.5 Å². The summed E-state index contributed by atoms with van der Waals surface area (Å²) < 4.78 is 0. The molecule has 0 amide bonds. The summed E-state index contributed by atoms with van der Waals surface area (Å²) in [6.07, 6.45) is 2.77. The molecular formula is C13H13ClN2O2. The van der Waals surface area contributed by atoms with Crippen molar-refractivity contribution in [2.45, 2.75) is 31.2 Å². The van der Waals surface area contributed by atoms with E-state index >= 15 is 0 Å². The van der Waals surface area contributed by atoms with Gasteiger partial charge in [0.2, 0.25) is 0 Å². The number of nitrogens with zero attached hydrogens (tertiary/aromatic N) is 1. The Morgan fingerprint density at radius 3 is 2.72 bits per heavy atom. The Balaban J connectivity index is 2.18. The molecule has 0 bridgehead atoms. The van der Waals surface area contributed by atoms with Gasteiger partial charge in [0.25, 0.3) is 0 Å². The van der Waals surface area contributed by atoms with Gasteiger partial charge in [-0.1, -0.05) is 11.6 Å². The number of carboxylic acids is 1. The average Bonchev–Trinajstić information content (AvgIpc) is 2.28. The van der Waals surface area contributed by atoms with Gasteiger partial charge >= 0.3 is 5.97 Å². The number of nitriles is 1. The summed E-state index contributed by atoms with van der Waals surface area (Å²) in [6.45, 7) is 0. The highest BCUT2D eigenvalue weighted by Gasteiger charge is 2.39. The Hall–Kier alpha value is -1.73. The van der Waals surface area contributed by atoms with E-state index in [1.807, 2.05) is 6.07 Å². The van der Waals surface area contributed by atoms with Crippen LogP contribution < -0.4 is 5.32 Å². The molecule has 0 aliphatic heterocycles. The maximum atomic E-state index is 10.9. The van der Waals surface area contributed by atoms with Crippen molar-refractivity contribution in [3.05, 3.63) is 28.8 Å². The highest BCUT2D eigenvalue weighted by Crippen LogP contribution is 2.39. The van der Waals surface area contributed by atoms with Gasteiger partial charge in [-0.3, -0.25) is 4.79 Å². The second-order valence-corrected chi connectivity index (χ2v) is 5.04. The number of nitrogens with one attached hydrogen (secondary N) is 1. The molecule has 0 atom stereocenters. The predicted molar refractivity (Wildman–Crippen MR) is 68.6 cm³/mol. The van der Waals surface area contributed by atoms with Crippen molar-refractivity contribution in [1.29, 1.82) is 5.26 Å². The number of benzene rings is 1. The highest BCUT2D eigenvalue weighted by atomic mass is 35.5. The fraction of sp³-hybridized carbons (Fsp3) is 0.385. The van der Waals surface area contributed by atoms with Gasteiger partial charge in [-0.25, -0.2) is 0 Å². The molecule has 0 spiro atoms. The van der Waals surface area contributed by atoms with E-state index in [1.54, 1.807) is 18.2 Å². The lowest BCUT2D eigenvalue weighted by molar-refractivity contribution is -0.138. The standard InChI is InChI=1S/C13H13ClN2O2/c14-10-6-9(8-15)2-3-11(10)16-13(4-1-5-13)7-12(17)18/h2-3,6,16H,1,4-5,7H2,(H,17,18). The Morgan fingerprint density at radius 2 is 2.28 bits per heavy atom. The van der Waals surface area contributed by atoms with Crippen LogP contribution in [0.2, 0.25) is 5.02 Å². The minimum Gasteiger partial charge on any atom is -0.481 e. The zero-order valence-corrected chi connectivity index (χ0v) is 10.5. The Bertz CT molecular complexity index is 518. The highest BCUT2D eigenvalue weighted by molar-refractivity contribution is 6.33. The van der Waals surface area contributed by atoms with Crippen molar-refractivity contribution in [1.82, 2.24) is 0 Å². The van der Waals surface area contributed by atoms with E-state index in [4.69, 9.17) is 22.0 Å². The summed E-state index contributed by atoms with van der Waals surface area (Å²) in [4.78, 5) is 10.9. The minimum atomic E-state index is -0.813. The van der Waals surface area contributed by atoms with Crippen LogP contribution in [0.5, 0.6) is 0 Å².